The van der Waals surface area contributed by atoms with Crippen molar-refractivity contribution in [3.63, 3.8) is 0 Å². The van der Waals surface area contributed by atoms with Crippen LogP contribution in [0.2, 0.25) is 0 Å². The minimum atomic E-state index is -0.224. The van der Waals surface area contributed by atoms with Crippen LogP contribution in [0, 0.1) is 5.82 Å². The lowest BCUT2D eigenvalue weighted by Gasteiger charge is -2.33. The summed E-state index contributed by atoms with van der Waals surface area (Å²) < 4.78 is 18.6. The van der Waals surface area contributed by atoms with E-state index in [1.165, 1.54) is 17.7 Å². The number of rotatable bonds is 4. The summed E-state index contributed by atoms with van der Waals surface area (Å²) in [5, 5.41) is 0. The summed E-state index contributed by atoms with van der Waals surface area (Å²) in [5.74, 6) is -0.209. The van der Waals surface area contributed by atoms with E-state index in [4.69, 9.17) is 4.74 Å². The summed E-state index contributed by atoms with van der Waals surface area (Å²) in [5.41, 5.74) is 3.44. The van der Waals surface area contributed by atoms with E-state index in [9.17, 15) is 9.18 Å². The highest BCUT2D eigenvalue weighted by molar-refractivity contribution is 5.70. The summed E-state index contributed by atoms with van der Waals surface area (Å²) in [4.78, 5) is 14.5. The molecule has 1 amide bonds. The van der Waals surface area contributed by atoms with Gasteiger partial charge in [0.25, 0.3) is 0 Å². The number of nitrogens with zero attached hydrogens (tertiary/aromatic N) is 1. The molecular formula is C22H22FNO2. The predicted octanol–water partition coefficient (Wildman–Crippen LogP) is 4.87. The monoisotopic (exact) mass is 351 g/mol. The molecule has 2 aromatic rings. The minimum absolute atomic E-state index is 0.118. The van der Waals surface area contributed by atoms with Crippen LogP contribution in [0.25, 0.3) is 0 Å². The fourth-order valence-corrected chi connectivity index (χ4v) is 3.99. The smallest absolute Gasteiger partial charge is 0.410 e. The van der Waals surface area contributed by atoms with E-state index in [-0.39, 0.29) is 24.0 Å². The number of benzene rings is 2. The quantitative estimate of drug-likeness (QED) is 0.736. The van der Waals surface area contributed by atoms with Crippen molar-refractivity contribution in [2.45, 2.75) is 44.4 Å². The summed E-state index contributed by atoms with van der Waals surface area (Å²) >= 11 is 0. The van der Waals surface area contributed by atoms with Crippen molar-refractivity contribution in [1.29, 1.82) is 0 Å². The predicted molar refractivity (Wildman–Crippen MR) is 98.1 cm³/mol. The van der Waals surface area contributed by atoms with Gasteiger partial charge < -0.3 is 4.74 Å². The topological polar surface area (TPSA) is 29.5 Å². The third-order valence-corrected chi connectivity index (χ3v) is 5.23. The lowest BCUT2D eigenvalue weighted by Crippen LogP contribution is -2.43. The van der Waals surface area contributed by atoms with Crippen LogP contribution in [-0.4, -0.2) is 23.1 Å². The zero-order chi connectivity index (χ0) is 17.9. The van der Waals surface area contributed by atoms with Crippen LogP contribution in [-0.2, 0) is 17.8 Å². The number of fused-ring (bicyclic) bond motifs is 2. The molecule has 0 aliphatic carbocycles. The van der Waals surface area contributed by atoms with Crippen LogP contribution in [0.3, 0.4) is 0 Å². The number of halogens is 1. The van der Waals surface area contributed by atoms with Gasteiger partial charge in [-0.3, -0.25) is 4.90 Å². The lowest BCUT2D eigenvalue weighted by molar-refractivity contribution is 0.0815. The Bertz CT molecular complexity index is 801. The van der Waals surface area contributed by atoms with Gasteiger partial charge in [-0.25, -0.2) is 9.18 Å². The summed E-state index contributed by atoms with van der Waals surface area (Å²) in [6.45, 7) is 0.307. The molecule has 4 heteroatoms. The van der Waals surface area contributed by atoms with E-state index in [2.05, 4.69) is 6.08 Å². The molecule has 2 aliphatic rings. The highest BCUT2D eigenvalue weighted by Crippen LogP contribution is 2.36. The zero-order valence-electron chi connectivity index (χ0n) is 14.6. The Labute approximate surface area is 153 Å². The molecule has 26 heavy (non-hydrogen) atoms. The van der Waals surface area contributed by atoms with Crippen LogP contribution >= 0.6 is 0 Å². The Morgan fingerprint density at radius 2 is 1.81 bits per heavy atom. The van der Waals surface area contributed by atoms with Crippen molar-refractivity contribution in [3.8, 4) is 0 Å². The highest BCUT2D eigenvalue weighted by Gasteiger charge is 2.40. The molecule has 4 rings (SSSR count). The molecule has 0 aromatic heterocycles. The number of hydrogen-bond acceptors (Lipinski definition) is 2. The van der Waals surface area contributed by atoms with Crippen LogP contribution in [0.15, 0.2) is 66.2 Å². The summed E-state index contributed by atoms with van der Waals surface area (Å²) in [6, 6.07) is 16.7. The minimum Gasteiger partial charge on any atom is -0.445 e. The van der Waals surface area contributed by atoms with E-state index in [1.54, 1.807) is 0 Å². The molecule has 0 saturated carbocycles. The molecule has 0 spiro atoms. The van der Waals surface area contributed by atoms with Crippen molar-refractivity contribution in [2.75, 3.05) is 0 Å². The van der Waals surface area contributed by atoms with Gasteiger partial charge in [-0.2, -0.15) is 0 Å². The van der Waals surface area contributed by atoms with Crippen LogP contribution in [0.1, 0.15) is 30.4 Å². The number of carbonyl (C=O) groups is 1. The number of amides is 1. The Hall–Kier alpha value is -2.62. The second kappa shape index (κ2) is 7.32. The number of hydrogen-bond donors (Lipinski definition) is 0. The molecule has 2 bridgehead atoms. The molecule has 2 atom stereocenters. The Balaban J connectivity index is 1.39. The van der Waals surface area contributed by atoms with Crippen LogP contribution in [0.4, 0.5) is 9.18 Å². The first-order valence-corrected chi connectivity index (χ1v) is 9.12. The largest absolute Gasteiger partial charge is 0.445 e. The third-order valence-electron chi connectivity index (χ3n) is 5.23. The van der Waals surface area contributed by atoms with Gasteiger partial charge in [0, 0.05) is 6.04 Å². The maximum Gasteiger partial charge on any atom is 0.410 e. The van der Waals surface area contributed by atoms with Crippen LogP contribution < -0.4 is 0 Å². The molecule has 2 aliphatic heterocycles. The normalized spacial score (nSPS) is 21.4. The zero-order valence-corrected chi connectivity index (χ0v) is 14.6. The SMILES string of the molecule is O=C(OCc1ccccc1)N1C2C=C(Cc3ccc(F)cc3)CC1CC2. The maximum atomic E-state index is 13.1. The van der Waals surface area contributed by atoms with Gasteiger partial charge in [0.2, 0.25) is 0 Å². The molecule has 0 radical (unpaired) electrons. The second-order valence-corrected chi connectivity index (χ2v) is 7.08. The highest BCUT2D eigenvalue weighted by atomic mass is 19.1. The van der Waals surface area contributed by atoms with E-state index in [0.717, 1.165) is 36.8 Å². The van der Waals surface area contributed by atoms with Gasteiger partial charge in [-0.05, 0) is 48.9 Å². The van der Waals surface area contributed by atoms with E-state index >= 15 is 0 Å². The van der Waals surface area contributed by atoms with Gasteiger partial charge >= 0.3 is 6.09 Å². The van der Waals surface area contributed by atoms with E-state index in [1.807, 2.05) is 47.4 Å². The first-order chi connectivity index (χ1) is 12.7. The standard InChI is InChI=1S/C22H22FNO2/c23-19-8-6-16(7-9-19)12-18-13-20-10-11-21(14-18)24(20)22(25)26-15-17-4-2-1-3-5-17/h1-9,13,20-21H,10-12,14-15H2. The fraction of sp³-hybridized carbons (Fsp3) is 0.318. The van der Waals surface area contributed by atoms with Gasteiger partial charge in [0.05, 0.1) is 6.04 Å². The molecule has 134 valence electrons. The van der Waals surface area contributed by atoms with Crippen molar-refractivity contribution in [2.24, 2.45) is 0 Å². The number of ether oxygens (including phenoxy) is 1. The average Bonchev–Trinajstić information content (AvgIpc) is 2.93. The molecule has 2 aromatic carbocycles. The van der Waals surface area contributed by atoms with Crippen molar-refractivity contribution in [3.05, 3.63) is 83.2 Å². The van der Waals surface area contributed by atoms with Gasteiger partial charge in [-0.15, -0.1) is 0 Å². The maximum absolute atomic E-state index is 13.1. The Morgan fingerprint density at radius 1 is 1.04 bits per heavy atom. The molecule has 1 fully saturated rings. The number of carbonyl (C=O) groups excluding carboxylic acids is 1. The van der Waals surface area contributed by atoms with Gasteiger partial charge in [0.1, 0.15) is 12.4 Å². The second-order valence-electron chi connectivity index (χ2n) is 7.08. The van der Waals surface area contributed by atoms with Crippen molar-refractivity contribution in [1.82, 2.24) is 4.90 Å². The molecule has 0 N–H and O–H groups in total. The van der Waals surface area contributed by atoms with Gasteiger partial charge in [-0.1, -0.05) is 54.1 Å². The summed E-state index contributed by atoms with van der Waals surface area (Å²) in [7, 11) is 0. The van der Waals surface area contributed by atoms with Crippen molar-refractivity contribution < 1.29 is 13.9 Å². The third kappa shape index (κ3) is 3.64. The first kappa shape index (κ1) is 16.8. The fourth-order valence-electron chi connectivity index (χ4n) is 3.99. The average molecular weight is 351 g/mol. The van der Waals surface area contributed by atoms with Crippen LogP contribution in [0.5, 0.6) is 0 Å². The Morgan fingerprint density at radius 3 is 2.54 bits per heavy atom. The Kier molecular flexibility index (Phi) is 4.74. The van der Waals surface area contributed by atoms with E-state index in [0.29, 0.717) is 6.61 Å². The molecule has 2 unspecified atom stereocenters. The lowest BCUT2D eigenvalue weighted by atomic mass is 9.95. The van der Waals surface area contributed by atoms with E-state index < -0.39 is 0 Å². The molecular weight excluding hydrogens is 329 g/mol. The molecule has 1 saturated heterocycles. The first-order valence-electron chi connectivity index (χ1n) is 9.12. The molecule has 3 nitrogen and oxygen atoms in total. The van der Waals surface area contributed by atoms with Crippen molar-refractivity contribution >= 4 is 6.09 Å². The summed E-state index contributed by atoms with van der Waals surface area (Å²) in [6.07, 6.45) is 5.66. The molecule has 2 heterocycles. The van der Waals surface area contributed by atoms with Gasteiger partial charge in [0.15, 0.2) is 0 Å².